The maximum absolute atomic E-state index is 10.4. The number of likely N-dealkylation sites (tertiary alicyclic amines) is 1. The minimum absolute atomic E-state index is 0.188. The van der Waals surface area contributed by atoms with Crippen LogP contribution in [0.5, 0.6) is 5.75 Å². The lowest BCUT2D eigenvalue weighted by molar-refractivity contribution is 0.117. The van der Waals surface area contributed by atoms with E-state index in [-0.39, 0.29) is 6.10 Å². The first-order chi connectivity index (χ1) is 10.7. The lowest BCUT2D eigenvalue weighted by Crippen LogP contribution is -2.29. The molecule has 4 nitrogen and oxygen atoms in total. The van der Waals surface area contributed by atoms with Gasteiger partial charge in [-0.2, -0.15) is 0 Å². The van der Waals surface area contributed by atoms with Crippen molar-refractivity contribution in [3.8, 4) is 5.75 Å². The fourth-order valence-corrected chi connectivity index (χ4v) is 2.81. The molecule has 0 amide bonds. The Balaban J connectivity index is 1.51. The van der Waals surface area contributed by atoms with Crippen LogP contribution in [0.3, 0.4) is 0 Å². The molecule has 1 N–H and O–H groups in total. The van der Waals surface area contributed by atoms with Crippen LogP contribution in [0.25, 0.3) is 0 Å². The average Bonchev–Trinajstić information content (AvgIpc) is 2.96. The highest BCUT2D eigenvalue weighted by atomic mass is 16.5. The number of benzene rings is 1. The predicted molar refractivity (Wildman–Crippen MR) is 85.8 cm³/mol. The first kappa shape index (κ1) is 15.0. The van der Waals surface area contributed by atoms with Crippen LogP contribution in [-0.4, -0.2) is 40.7 Å². The molecule has 0 bridgehead atoms. The molecule has 0 aliphatic carbocycles. The molecule has 4 heteroatoms. The van der Waals surface area contributed by atoms with Crippen molar-refractivity contribution in [1.29, 1.82) is 0 Å². The minimum atomic E-state index is -0.444. The number of nitrogens with zero attached hydrogens (tertiary/aromatic N) is 2. The Kier molecular flexibility index (Phi) is 4.71. The summed E-state index contributed by atoms with van der Waals surface area (Å²) in [5.41, 5.74) is 2.19. The summed E-state index contributed by atoms with van der Waals surface area (Å²) in [4.78, 5) is 6.25. The van der Waals surface area contributed by atoms with Gasteiger partial charge in [-0.05, 0) is 31.0 Å². The minimum Gasteiger partial charge on any atom is -0.489 e. The molecule has 2 atom stereocenters. The van der Waals surface area contributed by atoms with Crippen molar-refractivity contribution < 1.29 is 9.84 Å². The molecular weight excluding hydrogens is 276 g/mol. The third-order valence-electron chi connectivity index (χ3n) is 4.07. The van der Waals surface area contributed by atoms with Crippen molar-refractivity contribution in [2.75, 3.05) is 19.6 Å². The van der Waals surface area contributed by atoms with E-state index in [2.05, 4.69) is 16.8 Å². The van der Waals surface area contributed by atoms with Crippen molar-refractivity contribution in [1.82, 2.24) is 9.88 Å². The van der Waals surface area contributed by atoms with Crippen LogP contribution < -0.4 is 4.74 Å². The fourth-order valence-electron chi connectivity index (χ4n) is 2.81. The summed E-state index contributed by atoms with van der Waals surface area (Å²) >= 11 is 0. The van der Waals surface area contributed by atoms with Crippen molar-refractivity contribution in [3.63, 3.8) is 0 Å². The van der Waals surface area contributed by atoms with E-state index >= 15 is 0 Å². The molecule has 116 valence electrons. The van der Waals surface area contributed by atoms with Gasteiger partial charge >= 0.3 is 0 Å². The lowest BCUT2D eigenvalue weighted by Gasteiger charge is -2.20. The molecule has 3 rings (SSSR count). The van der Waals surface area contributed by atoms with Crippen molar-refractivity contribution >= 4 is 0 Å². The van der Waals surface area contributed by atoms with Gasteiger partial charge in [0.25, 0.3) is 0 Å². The summed E-state index contributed by atoms with van der Waals surface area (Å²) in [6.45, 7) is 4.51. The lowest BCUT2D eigenvalue weighted by atomic mass is 10.1. The van der Waals surface area contributed by atoms with Crippen LogP contribution in [0.4, 0.5) is 0 Å². The van der Waals surface area contributed by atoms with Gasteiger partial charge in [-0.1, -0.05) is 29.8 Å². The molecule has 1 aliphatic heterocycles. The van der Waals surface area contributed by atoms with Gasteiger partial charge in [-0.15, -0.1) is 0 Å². The molecule has 2 unspecified atom stereocenters. The van der Waals surface area contributed by atoms with E-state index in [4.69, 9.17) is 4.74 Å². The van der Waals surface area contributed by atoms with Gasteiger partial charge in [-0.25, -0.2) is 0 Å². The predicted octanol–water partition coefficient (Wildman–Crippen LogP) is 2.58. The third kappa shape index (κ3) is 3.84. The van der Waals surface area contributed by atoms with Gasteiger partial charge in [0.15, 0.2) is 0 Å². The fraction of sp³-hybridized carbons (Fsp3) is 0.389. The van der Waals surface area contributed by atoms with Crippen molar-refractivity contribution in [2.24, 2.45) is 0 Å². The molecule has 1 aromatic carbocycles. The topological polar surface area (TPSA) is 45.6 Å². The number of hydrogen-bond donors (Lipinski definition) is 1. The van der Waals surface area contributed by atoms with Crippen LogP contribution in [0.15, 0.2) is 48.8 Å². The summed E-state index contributed by atoms with van der Waals surface area (Å²) in [7, 11) is 0. The van der Waals surface area contributed by atoms with Crippen molar-refractivity contribution in [3.05, 3.63) is 59.9 Å². The number of ether oxygens (including phenoxy) is 1. The highest BCUT2D eigenvalue weighted by Crippen LogP contribution is 2.21. The number of pyridine rings is 1. The number of rotatable bonds is 5. The quantitative estimate of drug-likeness (QED) is 0.921. The van der Waals surface area contributed by atoms with Crippen LogP contribution in [0, 0.1) is 6.92 Å². The van der Waals surface area contributed by atoms with Crippen LogP contribution in [-0.2, 0) is 0 Å². The van der Waals surface area contributed by atoms with Gasteiger partial charge in [-0.3, -0.25) is 9.88 Å². The normalized spacial score (nSPS) is 20.0. The zero-order chi connectivity index (χ0) is 15.4. The molecular formula is C18H22N2O2. The van der Waals surface area contributed by atoms with E-state index in [1.807, 2.05) is 36.4 Å². The Hall–Kier alpha value is -1.91. The zero-order valence-electron chi connectivity index (χ0n) is 12.9. The Labute approximate surface area is 131 Å². The van der Waals surface area contributed by atoms with E-state index in [0.717, 1.165) is 30.8 Å². The van der Waals surface area contributed by atoms with E-state index in [0.29, 0.717) is 6.54 Å². The van der Waals surface area contributed by atoms with Crippen molar-refractivity contribution in [2.45, 2.75) is 25.6 Å². The number of β-amino-alcohol motifs (C(OH)–C–C–N with tert-alkyl or cyclic N) is 1. The second kappa shape index (κ2) is 6.90. The number of aliphatic hydroxyl groups is 1. The van der Waals surface area contributed by atoms with Crippen LogP contribution in [0.1, 0.15) is 23.7 Å². The highest BCUT2D eigenvalue weighted by molar-refractivity contribution is 5.23. The van der Waals surface area contributed by atoms with E-state index < -0.39 is 6.10 Å². The summed E-state index contributed by atoms with van der Waals surface area (Å²) in [5.74, 6) is 0.862. The number of aryl methyl sites for hydroxylation is 1. The van der Waals surface area contributed by atoms with Gasteiger partial charge < -0.3 is 9.84 Å². The van der Waals surface area contributed by atoms with E-state index in [9.17, 15) is 5.11 Å². The number of aliphatic hydroxyl groups excluding tert-OH is 1. The second-order valence-electron chi connectivity index (χ2n) is 5.90. The summed E-state index contributed by atoms with van der Waals surface area (Å²) in [5, 5.41) is 10.4. The number of hydrogen-bond acceptors (Lipinski definition) is 4. The highest BCUT2D eigenvalue weighted by Gasteiger charge is 2.25. The van der Waals surface area contributed by atoms with Gasteiger partial charge in [0, 0.05) is 32.0 Å². The van der Waals surface area contributed by atoms with Gasteiger partial charge in [0.05, 0.1) is 6.10 Å². The summed E-state index contributed by atoms with van der Waals surface area (Å²) in [6, 6.07) is 11.8. The Morgan fingerprint density at radius 3 is 2.68 bits per heavy atom. The molecule has 2 heterocycles. The third-order valence-corrected chi connectivity index (χ3v) is 4.07. The zero-order valence-corrected chi connectivity index (χ0v) is 12.9. The molecule has 0 spiro atoms. The number of aromatic nitrogens is 1. The largest absolute Gasteiger partial charge is 0.489 e. The molecule has 0 radical (unpaired) electrons. The second-order valence-corrected chi connectivity index (χ2v) is 5.90. The maximum Gasteiger partial charge on any atom is 0.122 e. The SMILES string of the molecule is Cc1ccc(C(O)CN2CCC(Oc3ccncc3)C2)cc1. The van der Waals surface area contributed by atoms with E-state index in [1.54, 1.807) is 12.4 Å². The first-order valence-electron chi connectivity index (χ1n) is 7.74. The average molecular weight is 298 g/mol. The van der Waals surface area contributed by atoms with Crippen LogP contribution >= 0.6 is 0 Å². The first-order valence-corrected chi connectivity index (χ1v) is 7.74. The van der Waals surface area contributed by atoms with E-state index in [1.165, 1.54) is 5.56 Å². The molecule has 1 fully saturated rings. The molecule has 1 aromatic heterocycles. The van der Waals surface area contributed by atoms with Gasteiger partial charge in [0.1, 0.15) is 11.9 Å². The molecule has 2 aromatic rings. The summed E-state index contributed by atoms with van der Waals surface area (Å²) < 4.78 is 5.95. The Bertz CT molecular complexity index is 586. The maximum atomic E-state index is 10.4. The molecule has 22 heavy (non-hydrogen) atoms. The molecule has 0 saturated carbocycles. The molecule has 1 saturated heterocycles. The van der Waals surface area contributed by atoms with Crippen LogP contribution in [0.2, 0.25) is 0 Å². The summed E-state index contributed by atoms with van der Waals surface area (Å²) in [6.07, 6.45) is 4.21. The standard InChI is InChI=1S/C18H22N2O2/c1-14-2-4-15(5-3-14)18(21)13-20-11-8-17(12-20)22-16-6-9-19-10-7-16/h2-7,9-10,17-18,21H,8,11-13H2,1H3. The smallest absolute Gasteiger partial charge is 0.122 e. The Morgan fingerprint density at radius 2 is 1.95 bits per heavy atom. The Morgan fingerprint density at radius 1 is 1.23 bits per heavy atom. The van der Waals surface area contributed by atoms with Gasteiger partial charge in [0.2, 0.25) is 0 Å². The monoisotopic (exact) mass is 298 g/mol. The molecule has 1 aliphatic rings.